The molecule has 1 N–H and O–H groups in total. The van der Waals surface area contributed by atoms with E-state index in [0.29, 0.717) is 50.0 Å². The van der Waals surface area contributed by atoms with E-state index in [1.54, 1.807) is 12.0 Å². The summed E-state index contributed by atoms with van der Waals surface area (Å²) < 4.78 is 39.8. The van der Waals surface area contributed by atoms with E-state index < -0.39 is 12.0 Å². The highest BCUT2D eigenvalue weighted by Gasteiger charge is 2.50. The standard InChI is InChI=1S/C23H38F2N6O2S/c1-16(2)29-12-14-30(15-13-29)17-6-5-7-23(24,25)18(17)26-20(32)31-10-8-22(3,9-11-31)19-27-21(33-4)34-28-19/h16-18H,5-15H2,1-4H3,(H,26,32)/t17-,18+/m0/s1. The van der Waals surface area contributed by atoms with Gasteiger partial charge in [-0.05, 0) is 39.5 Å². The Kier molecular flexibility index (Phi) is 7.64. The van der Waals surface area contributed by atoms with Gasteiger partial charge in [0, 0.05) is 74.7 Å². The minimum atomic E-state index is -2.90. The number of hydrogen-bond donors (Lipinski definition) is 1. The second-order valence-electron chi connectivity index (χ2n) is 10.4. The number of piperidine rings is 1. The van der Waals surface area contributed by atoms with Crippen LogP contribution in [0.5, 0.6) is 5.19 Å². The molecule has 0 bridgehead atoms. The van der Waals surface area contributed by atoms with Crippen LogP contribution in [0.3, 0.4) is 0 Å². The number of aromatic nitrogens is 2. The van der Waals surface area contributed by atoms with Crippen molar-refractivity contribution in [2.45, 2.75) is 82.3 Å². The molecule has 1 saturated carbocycles. The number of piperazine rings is 1. The zero-order valence-electron chi connectivity index (χ0n) is 20.7. The van der Waals surface area contributed by atoms with Crippen LogP contribution in [0.15, 0.2) is 0 Å². The van der Waals surface area contributed by atoms with Crippen LogP contribution in [-0.4, -0.2) is 101 Å². The Bertz CT molecular complexity index is 837. The number of amides is 2. The third-order valence-corrected chi connectivity index (χ3v) is 8.63. The van der Waals surface area contributed by atoms with Crippen molar-refractivity contribution in [3.05, 3.63) is 5.82 Å². The molecule has 0 radical (unpaired) electrons. The van der Waals surface area contributed by atoms with Gasteiger partial charge < -0.3 is 15.0 Å². The quantitative estimate of drug-likeness (QED) is 0.670. The van der Waals surface area contributed by atoms with E-state index in [9.17, 15) is 4.79 Å². The van der Waals surface area contributed by atoms with Crippen LogP contribution < -0.4 is 10.1 Å². The van der Waals surface area contributed by atoms with Gasteiger partial charge in [0.25, 0.3) is 11.1 Å². The molecule has 0 aromatic carbocycles. The van der Waals surface area contributed by atoms with Gasteiger partial charge in [0.15, 0.2) is 5.82 Å². The van der Waals surface area contributed by atoms with E-state index in [1.165, 1.54) is 11.5 Å². The zero-order chi connectivity index (χ0) is 24.5. The number of nitrogens with one attached hydrogen (secondary N) is 1. The number of rotatable bonds is 5. The summed E-state index contributed by atoms with van der Waals surface area (Å²) in [6, 6.07) is -1.42. The molecule has 1 aliphatic carbocycles. The van der Waals surface area contributed by atoms with Gasteiger partial charge in [0.1, 0.15) is 6.04 Å². The van der Waals surface area contributed by atoms with Crippen LogP contribution in [0.1, 0.15) is 58.7 Å². The second kappa shape index (κ2) is 10.2. The average molecular weight is 501 g/mol. The first-order chi connectivity index (χ1) is 16.1. The number of carbonyl (C=O) groups is 1. The summed E-state index contributed by atoms with van der Waals surface area (Å²) in [5.74, 6) is -2.17. The van der Waals surface area contributed by atoms with Gasteiger partial charge in [-0.2, -0.15) is 9.36 Å². The van der Waals surface area contributed by atoms with E-state index in [4.69, 9.17) is 4.74 Å². The van der Waals surface area contributed by atoms with Crippen molar-refractivity contribution >= 4 is 17.6 Å². The first-order valence-corrected chi connectivity index (χ1v) is 13.2. The fraction of sp³-hybridized carbons (Fsp3) is 0.870. The fourth-order valence-corrected chi connectivity index (χ4v) is 6.15. The van der Waals surface area contributed by atoms with Crippen molar-refractivity contribution in [3.8, 4) is 5.19 Å². The number of ether oxygens (including phenoxy) is 1. The summed E-state index contributed by atoms with van der Waals surface area (Å²) in [5.41, 5.74) is -0.253. The summed E-state index contributed by atoms with van der Waals surface area (Å²) in [6.45, 7) is 10.7. The summed E-state index contributed by atoms with van der Waals surface area (Å²) >= 11 is 1.22. The molecule has 2 aliphatic heterocycles. The Labute approximate surface area is 205 Å². The molecule has 3 aliphatic rings. The maximum atomic E-state index is 15.1. The molecule has 0 spiro atoms. The van der Waals surface area contributed by atoms with Crippen molar-refractivity contribution in [1.29, 1.82) is 0 Å². The molecule has 11 heteroatoms. The predicted molar refractivity (Wildman–Crippen MR) is 128 cm³/mol. The number of likely N-dealkylation sites (tertiary alicyclic amines) is 1. The largest absolute Gasteiger partial charge is 0.472 e. The molecule has 8 nitrogen and oxygen atoms in total. The van der Waals surface area contributed by atoms with Crippen molar-refractivity contribution in [2.75, 3.05) is 46.4 Å². The van der Waals surface area contributed by atoms with Crippen LogP contribution in [0.4, 0.5) is 13.6 Å². The van der Waals surface area contributed by atoms with Gasteiger partial charge in [-0.15, -0.1) is 0 Å². The molecule has 34 heavy (non-hydrogen) atoms. The maximum Gasteiger partial charge on any atom is 0.317 e. The van der Waals surface area contributed by atoms with Gasteiger partial charge in [-0.3, -0.25) is 9.80 Å². The number of alkyl halides is 2. The first-order valence-electron chi connectivity index (χ1n) is 12.4. The van der Waals surface area contributed by atoms with Crippen molar-refractivity contribution in [2.24, 2.45) is 0 Å². The number of methoxy groups -OCH3 is 1. The normalized spacial score (nSPS) is 28.1. The van der Waals surface area contributed by atoms with Gasteiger partial charge >= 0.3 is 6.03 Å². The molecule has 2 atom stereocenters. The van der Waals surface area contributed by atoms with Crippen LogP contribution in [0.2, 0.25) is 0 Å². The molecular formula is C23H38F2N6O2S. The lowest BCUT2D eigenvalue weighted by Crippen LogP contribution is -2.66. The molecule has 4 rings (SSSR count). The Morgan fingerprint density at radius 3 is 2.41 bits per heavy atom. The lowest BCUT2D eigenvalue weighted by Gasteiger charge is -2.48. The maximum absolute atomic E-state index is 15.1. The van der Waals surface area contributed by atoms with Crippen LogP contribution >= 0.6 is 11.5 Å². The van der Waals surface area contributed by atoms with Crippen molar-refractivity contribution < 1.29 is 18.3 Å². The highest BCUT2D eigenvalue weighted by molar-refractivity contribution is 7.07. The van der Waals surface area contributed by atoms with Crippen LogP contribution in [0.25, 0.3) is 0 Å². The third kappa shape index (κ3) is 5.31. The SMILES string of the molecule is COc1nc(C2(C)CCN(C(=O)N[C@@H]3[C@@H](N4CCN(C(C)C)CC4)CCCC3(F)F)CC2)ns1. The lowest BCUT2D eigenvalue weighted by atomic mass is 9.79. The molecule has 2 amide bonds. The summed E-state index contributed by atoms with van der Waals surface area (Å²) in [4.78, 5) is 23.8. The predicted octanol–water partition coefficient (Wildman–Crippen LogP) is 3.19. The molecule has 1 aromatic rings. The molecular weight excluding hydrogens is 462 g/mol. The topological polar surface area (TPSA) is 73.8 Å². The van der Waals surface area contributed by atoms with Crippen LogP contribution in [-0.2, 0) is 5.41 Å². The molecule has 1 aromatic heterocycles. The number of urea groups is 1. The molecule has 2 saturated heterocycles. The summed E-state index contributed by atoms with van der Waals surface area (Å²) in [7, 11) is 1.57. The Morgan fingerprint density at radius 2 is 1.82 bits per heavy atom. The molecule has 192 valence electrons. The highest BCUT2D eigenvalue weighted by atomic mass is 32.1. The number of carbonyl (C=O) groups excluding carboxylic acids is 1. The molecule has 3 heterocycles. The molecule has 0 unspecified atom stereocenters. The monoisotopic (exact) mass is 500 g/mol. The number of halogens is 2. The number of hydrogen-bond acceptors (Lipinski definition) is 7. The van der Waals surface area contributed by atoms with Gasteiger partial charge in [-0.25, -0.2) is 13.6 Å². The summed E-state index contributed by atoms with van der Waals surface area (Å²) in [5, 5.41) is 3.30. The average Bonchev–Trinajstić information content (AvgIpc) is 3.31. The van der Waals surface area contributed by atoms with E-state index >= 15 is 8.78 Å². The lowest BCUT2D eigenvalue weighted by molar-refractivity contribution is -0.0973. The third-order valence-electron chi connectivity index (χ3n) is 7.95. The van der Waals surface area contributed by atoms with Crippen molar-refractivity contribution in [1.82, 2.24) is 29.4 Å². The summed E-state index contributed by atoms with van der Waals surface area (Å²) in [6.07, 6.45) is 2.37. The minimum Gasteiger partial charge on any atom is -0.472 e. The highest BCUT2D eigenvalue weighted by Crippen LogP contribution is 2.38. The zero-order valence-corrected chi connectivity index (χ0v) is 21.5. The molecule has 3 fully saturated rings. The van der Waals surface area contributed by atoms with Gasteiger partial charge in [-0.1, -0.05) is 6.92 Å². The Balaban J connectivity index is 1.38. The van der Waals surface area contributed by atoms with Gasteiger partial charge in [0.2, 0.25) is 0 Å². The minimum absolute atomic E-state index is 0.171. The Hall–Kier alpha value is -1.59. The Morgan fingerprint density at radius 1 is 1.15 bits per heavy atom. The van der Waals surface area contributed by atoms with Gasteiger partial charge in [0.05, 0.1) is 7.11 Å². The smallest absolute Gasteiger partial charge is 0.317 e. The number of nitrogens with zero attached hydrogens (tertiary/aromatic N) is 5. The fourth-order valence-electron chi connectivity index (χ4n) is 5.52. The van der Waals surface area contributed by atoms with E-state index in [0.717, 1.165) is 32.0 Å². The van der Waals surface area contributed by atoms with Crippen LogP contribution in [0, 0.1) is 0 Å². The second-order valence-corrected chi connectivity index (χ2v) is 11.2. The van der Waals surface area contributed by atoms with E-state index in [-0.39, 0.29) is 23.9 Å². The van der Waals surface area contributed by atoms with Crippen molar-refractivity contribution in [3.63, 3.8) is 0 Å². The van der Waals surface area contributed by atoms with E-state index in [1.807, 2.05) is 0 Å². The first kappa shape index (κ1) is 25.5. The van der Waals surface area contributed by atoms with E-state index in [2.05, 4.69) is 45.2 Å².